The Balaban J connectivity index is 1.50. The summed E-state index contributed by atoms with van der Waals surface area (Å²) in [5, 5.41) is 12.5. The summed E-state index contributed by atoms with van der Waals surface area (Å²) < 4.78 is 0. The van der Waals surface area contributed by atoms with Crippen molar-refractivity contribution in [2.45, 2.75) is 27.2 Å². The third kappa shape index (κ3) is 4.35. The van der Waals surface area contributed by atoms with Gasteiger partial charge >= 0.3 is 0 Å². The van der Waals surface area contributed by atoms with Crippen LogP contribution in [0.25, 0.3) is 0 Å². The van der Waals surface area contributed by atoms with E-state index in [9.17, 15) is 4.79 Å². The van der Waals surface area contributed by atoms with Gasteiger partial charge in [-0.3, -0.25) is 10.1 Å². The predicted octanol–water partition coefficient (Wildman–Crippen LogP) is 1.06. The average molecular weight is 361 g/mol. The van der Waals surface area contributed by atoms with Crippen LogP contribution < -0.4 is 15.1 Å². The Labute approximate surface area is 152 Å². The number of benzene rings is 1. The molecule has 1 fully saturated rings. The topological polar surface area (TPSA) is 62.6 Å². The normalized spacial score (nSPS) is 15.4. The highest BCUT2D eigenvalue weighted by Gasteiger charge is 2.23. The zero-order valence-corrected chi connectivity index (χ0v) is 15.9. The molecule has 0 spiro atoms. The molecule has 2 N–H and O–H groups in total. The van der Waals surface area contributed by atoms with Crippen LogP contribution in [0.4, 0.5) is 10.8 Å². The zero-order chi connectivity index (χ0) is 17.8. The highest BCUT2D eigenvalue weighted by Crippen LogP contribution is 2.22. The molecule has 3 rings (SSSR count). The SMILES string of the molecule is CCc1nnc(NC(=O)C[NH+]2CCN(c3cccc(C)c3C)CC2)s1. The van der Waals surface area contributed by atoms with E-state index in [1.165, 1.54) is 33.1 Å². The van der Waals surface area contributed by atoms with E-state index in [0.29, 0.717) is 11.7 Å². The Bertz CT molecular complexity index is 737. The molecule has 1 aromatic carbocycles. The van der Waals surface area contributed by atoms with E-state index in [1.807, 2.05) is 6.92 Å². The summed E-state index contributed by atoms with van der Waals surface area (Å²) in [5.41, 5.74) is 4.01. The van der Waals surface area contributed by atoms with Gasteiger partial charge < -0.3 is 9.80 Å². The van der Waals surface area contributed by atoms with Gasteiger partial charge in [-0.15, -0.1) is 10.2 Å². The Morgan fingerprint density at radius 3 is 2.72 bits per heavy atom. The van der Waals surface area contributed by atoms with E-state index in [0.717, 1.165) is 37.6 Å². The molecule has 25 heavy (non-hydrogen) atoms. The number of amides is 1. The molecule has 2 heterocycles. The van der Waals surface area contributed by atoms with Crippen LogP contribution in [0.15, 0.2) is 18.2 Å². The molecule has 1 aliphatic heterocycles. The first kappa shape index (κ1) is 17.8. The minimum atomic E-state index is 0.0222. The van der Waals surface area contributed by atoms with Crippen LogP contribution in [0, 0.1) is 13.8 Å². The number of hydrogen-bond acceptors (Lipinski definition) is 5. The fourth-order valence-corrected chi connectivity index (χ4v) is 3.85. The van der Waals surface area contributed by atoms with Crippen LogP contribution in [0.3, 0.4) is 0 Å². The van der Waals surface area contributed by atoms with Gasteiger partial charge in [0.25, 0.3) is 5.91 Å². The van der Waals surface area contributed by atoms with Crippen LogP contribution in [0.2, 0.25) is 0 Å². The number of carbonyl (C=O) groups excluding carboxylic acids is 1. The van der Waals surface area contributed by atoms with Crippen molar-refractivity contribution in [1.29, 1.82) is 0 Å². The van der Waals surface area contributed by atoms with Crippen molar-refractivity contribution >= 4 is 28.1 Å². The second kappa shape index (κ2) is 7.93. The number of rotatable bonds is 5. The van der Waals surface area contributed by atoms with Gasteiger partial charge in [0.05, 0.1) is 26.2 Å². The first-order valence-electron chi connectivity index (χ1n) is 8.83. The summed E-state index contributed by atoms with van der Waals surface area (Å²) >= 11 is 1.45. The van der Waals surface area contributed by atoms with Gasteiger partial charge in [-0.05, 0) is 37.5 Å². The number of hydrogen-bond donors (Lipinski definition) is 2. The van der Waals surface area contributed by atoms with E-state index in [4.69, 9.17) is 0 Å². The smallest absolute Gasteiger partial charge is 0.281 e. The molecule has 7 heteroatoms. The second-order valence-electron chi connectivity index (χ2n) is 6.54. The molecule has 0 saturated carbocycles. The third-order valence-electron chi connectivity index (χ3n) is 4.81. The molecule has 1 amide bonds. The van der Waals surface area contributed by atoms with E-state index in [1.54, 1.807) is 0 Å². The van der Waals surface area contributed by atoms with E-state index in [2.05, 4.69) is 52.5 Å². The molecule has 0 radical (unpaired) electrons. The van der Waals surface area contributed by atoms with E-state index >= 15 is 0 Å². The Hall–Kier alpha value is -1.99. The molecule has 1 saturated heterocycles. The number of carbonyl (C=O) groups is 1. The lowest BCUT2D eigenvalue weighted by atomic mass is 10.1. The van der Waals surface area contributed by atoms with Crippen molar-refractivity contribution in [1.82, 2.24) is 10.2 Å². The van der Waals surface area contributed by atoms with Gasteiger partial charge in [0, 0.05) is 5.69 Å². The largest absolute Gasteiger partial charge is 0.360 e. The number of nitrogens with one attached hydrogen (secondary N) is 2. The van der Waals surface area contributed by atoms with Crippen molar-refractivity contribution in [2.75, 3.05) is 42.9 Å². The van der Waals surface area contributed by atoms with Gasteiger partial charge in [0.15, 0.2) is 6.54 Å². The molecule has 134 valence electrons. The lowest BCUT2D eigenvalue weighted by Gasteiger charge is -2.34. The Morgan fingerprint density at radius 1 is 1.28 bits per heavy atom. The molecular weight excluding hydrogens is 334 g/mol. The number of anilines is 2. The van der Waals surface area contributed by atoms with Crippen molar-refractivity contribution in [2.24, 2.45) is 0 Å². The van der Waals surface area contributed by atoms with Crippen molar-refractivity contribution in [3.63, 3.8) is 0 Å². The lowest BCUT2D eigenvalue weighted by molar-refractivity contribution is -0.892. The number of aromatic nitrogens is 2. The highest BCUT2D eigenvalue weighted by atomic mass is 32.1. The molecule has 1 aliphatic rings. The van der Waals surface area contributed by atoms with Crippen molar-refractivity contribution in [3.05, 3.63) is 34.3 Å². The first-order chi connectivity index (χ1) is 12.1. The van der Waals surface area contributed by atoms with Crippen LogP contribution in [-0.2, 0) is 11.2 Å². The third-order valence-corrected chi connectivity index (χ3v) is 5.80. The Morgan fingerprint density at radius 2 is 2.04 bits per heavy atom. The molecule has 0 bridgehead atoms. The summed E-state index contributed by atoms with van der Waals surface area (Å²) in [6.07, 6.45) is 0.846. The van der Waals surface area contributed by atoms with Gasteiger partial charge in [-0.25, -0.2) is 0 Å². The second-order valence-corrected chi connectivity index (χ2v) is 7.60. The standard InChI is InChI=1S/C18H25N5OS/c1-4-17-20-21-18(25-17)19-16(24)12-22-8-10-23(11-9-22)15-7-5-6-13(2)14(15)3/h5-7H,4,8-12H2,1-3H3,(H,19,21,24)/p+1. The van der Waals surface area contributed by atoms with Gasteiger partial charge in [0.2, 0.25) is 5.13 Å². The van der Waals surface area contributed by atoms with Crippen LogP contribution >= 0.6 is 11.3 Å². The minimum Gasteiger partial charge on any atom is -0.360 e. The van der Waals surface area contributed by atoms with Gasteiger partial charge in [-0.1, -0.05) is 30.4 Å². The Kier molecular flexibility index (Phi) is 5.65. The quantitative estimate of drug-likeness (QED) is 0.837. The highest BCUT2D eigenvalue weighted by molar-refractivity contribution is 7.15. The maximum atomic E-state index is 12.2. The number of quaternary nitrogens is 1. The summed E-state index contributed by atoms with van der Waals surface area (Å²) in [6.45, 7) is 10.8. The molecule has 2 aromatic rings. The summed E-state index contributed by atoms with van der Waals surface area (Å²) in [6, 6.07) is 6.47. The fourth-order valence-electron chi connectivity index (χ4n) is 3.16. The molecule has 0 aliphatic carbocycles. The van der Waals surface area contributed by atoms with E-state index < -0.39 is 0 Å². The maximum Gasteiger partial charge on any atom is 0.281 e. The van der Waals surface area contributed by atoms with Gasteiger partial charge in [-0.2, -0.15) is 0 Å². The number of nitrogens with zero attached hydrogens (tertiary/aromatic N) is 3. The van der Waals surface area contributed by atoms with Crippen LogP contribution in [0.1, 0.15) is 23.1 Å². The summed E-state index contributed by atoms with van der Waals surface area (Å²) in [7, 11) is 0. The maximum absolute atomic E-state index is 12.2. The summed E-state index contributed by atoms with van der Waals surface area (Å²) in [5.74, 6) is 0.0222. The van der Waals surface area contributed by atoms with Gasteiger partial charge in [0.1, 0.15) is 5.01 Å². The fraction of sp³-hybridized carbons (Fsp3) is 0.500. The molecular formula is C18H26N5OS+. The van der Waals surface area contributed by atoms with E-state index in [-0.39, 0.29) is 5.91 Å². The monoisotopic (exact) mass is 360 g/mol. The molecule has 0 unspecified atom stereocenters. The lowest BCUT2D eigenvalue weighted by Crippen LogP contribution is -3.15. The average Bonchev–Trinajstić information content (AvgIpc) is 3.05. The minimum absolute atomic E-state index is 0.0222. The number of aryl methyl sites for hydroxylation is 2. The molecule has 0 atom stereocenters. The summed E-state index contributed by atoms with van der Waals surface area (Å²) in [4.78, 5) is 16.0. The zero-order valence-electron chi connectivity index (χ0n) is 15.1. The molecule has 6 nitrogen and oxygen atoms in total. The van der Waals surface area contributed by atoms with Crippen LogP contribution in [0.5, 0.6) is 0 Å². The van der Waals surface area contributed by atoms with Crippen LogP contribution in [-0.4, -0.2) is 48.8 Å². The van der Waals surface area contributed by atoms with Crippen molar-refractivity contribution in [3.8, 4) is 0 Å². The number of piperazine rings is 1. The molecule has 1 aromatic heterocycles. The van der Waals surface area contributed by atoms with Crippen molar-refractivity contribution < 1.29 is 9.69 Å². The predicted molar refractivity (Wildman–Crippen MR) is 102 cm³/mol. The first-order valence-corrected chi connectivity index (χ1v) is 9.65.